The molecule has 0 amide bonds. The quantitative estimate of drug-likeness (QED) is 0.450. The monoisotopic (exact) mass is 308 g/mol. The van der Waals surface area contributed by atoms with E-state index in [-0.39, 0.29) is 18.0 Å². The summed E-state index contributed by atoms with van der Waals surface area (Å²) in [5.41, 5.74) is 1.75. The van der Waals surface area contributed by atoms with E-state index in [4.69, 9.17) is 4.74 Å². The van der Waals surface area contributed by atoms with Gasteiger partial charge >= 0.3 is 0 Å². The average Bonchev–Trinajstić information content (AvgIpc) is 2.59. The Balaban J connectivity index is 1.68. The molecule has 0 aliphatic heterocycles. The summed E-state index contributed by atoms with van der Waals surface area (Å²) in [5.74, 6) is -0.169. The molecule has 0 bridgehead atoms. The van der Waals surface area contributed by atoms with E-state index in [1.165, 1.54) is 6.08 Å². The molecule has 0 aliphatic rings. The minimum absolute atomic E-state index is 0.0143. The third-order valence-corrected chi connectivity index (χ3v) is 3.18. The Hall–Kier alpha value is -2.65. The number of aliphatic hydroxyl groups excluding tert-OH is 1. The third-order valence-electron chi connectivity index (χ3n) is 3.18. The van der Waals surface area contributed by atoms with Crippen LogP contribution in [0, 0.1) is 0 Å². The summed E-state index contributed by atoms with van der Waals surface area (Å²) in [7, 11) is 0. The zero-order valence-corrected chi connectivity index (χ0v) is 12.9. The maximum Gasteiger partial charge on any atom is 0.161 e. The van der Waals surface area contributed by atoms with Gasteiger partial charge in [-0.05, 0) is 5.56 Å². The average molecular weight is 308 g/mol. The molecule has 23 heavy (non-hydrogen) atoms. The van der Waals surface area contributed by atoms with Crippen molar-refractivity contribution >= 4 is 17.6 Å². The van der Waals surface area contributed by atoms with Crippen LogP contribution < -0.4 is 0 Å². The van der Waals surface area contributed by atoms with Gasteiger partial charge in [0.1, 0.15) is 5.76 Å². The van der Waals surface area contributed by atoms with Gasteiger partial charge in [-0.3, -0.25) is 4.79 Å². The molecule has 2 aromatic rings. The van der Waals surface area contributed by atoms with Gasteiger partial charge in [0, 0.05) is 18.1 Å². The summed E-state index contributed by atoms with van der Waals surface area (Å²) in [6.45, 7) is 0.785. The van der Waals surface area contributed by atoms with Crippen LogP contribution in [0.1, 0.15) is 17.5 Å². The number of hydrogen-bond acceptors (Lipinski definition) is 3. The lowest BCUT2D eigenvalue weighted by Crippen LogP contribution is -2.02. The van der Waals surface area contributed by atoms with Crippen molar-refractivity contribution in [3.8, 4) is 0 Å². The van der Waals surface area contributed by atoms with E-state index in [0.29, 0.717) is 18.8 Å². The zero-order valence-electron chi connectivity index (χ0n) is 12.9. The maximum atomic E-state index is 11.7. The van der Waals surface area contributed by atoms with Crippen molar-refractivity contribution in [1.82, 2.24) is 0 Å². The first-order valence-corrected chi connectivity index (χ1v) is 7.54. The van der Waals surface area contributed by atoms with Gasteiger partial charge < -0.3 is 9.84 Å². The van der Waals surface area contributed by atoms with Crippen molar-refractivity contribution in [3.63, 3.8) is 0 Å². The van der Waals surface area contributed by atoms with Gasteiger partial charge in [0.15, 0.2) is 5.78 Å². The van der Waals surface area contributed by atoms with E-state index in [0.717, 1.165) is 5.56 Å². The molecule has 0 radical (unpaired) electrons. The van der Waals surface area contributed by atoms with Gasteiger partial charge in [-0.1, -0.05) is 72.8 Å². The van der Waals surface area contributed by atoms with Crippen molar-refractivity contribution in [2.45, 2.75) is 6.42 Å². The van der Waals surface area contributed by atoms with Crippen LogP contribution in [-0.2, 0) is 9.53 Å². The lowest BCUT2D eigenvalue weighted by molar-refractivity contribution is -0.115. The number of ketones is 1. The highest BCUT2D eigenvalue weighted by atomic mass is 16.5. The molecule has 3 nitrogen and oxygen atoms in total. The van der Waals surface area contributed by atoms with Gasteiger partial charge in [0.2, 0.25) is 0 Å². The number of rotatable bonds is 8. The van der Waals surface area contributed by atoms with Crippen molar-refractivity contribution in [2.75, 3.05) is 13.2 Å². The molecule has 0 unspecified atom stereocenters. The molecule has 1 N–H and O–H groups in total. The highest BCUT2D eigenvalue weighted by molar-refractivity contribution is 5.95. The third kappa shape index (κ3) is 6.32. The molecule has 0 spiro atoms. The second-order valence-electron chi connectivity index (χ2n) is 5.00. The number of carbonyl (C=O) groups is 1. The zero-order chi connectivity index (χ0) is 16.3. The summed E-state index contributed by atoms with van der Waals surface area (Å²) < 4.78 is 5.39. The molecule has 118 valence electrons. The van der Waals surface area contributed by atoms with Gasteiger partial charge in [-0.25, -0.2) is 0 Å². The second kappa shape index (κ2) is 9.38. The van der Waals surface area contributed by atoms with Crippen LogP contribution >= 0.6 is 0 Å². The van der Waals surface area contributed by atoms with E-state index in [1.807, 2.05) is 60.7 Å². The first-order valence-electron chi connectivity index (χ1n) is 7.54. The maximum absolute atomic E-state index is 11.7. The molecule has 3 heteroatoms. The second-order valence-corrected chi connectivity index (χ2v) is 5.00. The number of hydrogen-bond donors (Lipinski definition) is 1. The molecule has 2 aromatic carbocycles. The van der Waals surface area contributed by atoms with Crippen molar-refractivity contribution in [2.24, 2.45) is 0 Å². The van der Waals surface area contributed by atoms with Crippen LogP contribution in [0.5, 0.6) is 0 Å². The number of aliphatic hydroxyl groups is 1. The van der Waals surface area contributed by atoms with Crippen molar-refractivity contribution in [1.29, 1.82) is 0 Å². The molecule has 2 rings (SSSR count). The Bertz CT molecular complexity index is 658. The predicted molar refractivity (Wildman–Crippen MR) is 93.0 cm³/mol. The topological polar surface area (TPSA) is 46.5 Å². The van der Waals surface area contributed by atoms with E-state index in [9.17, 15) is 9.90 Å². The summed E-state index contributed by atoms with van der Waals surface area (Å²) >= 11 is 0. The minimum atomic E-state index is -0.154. The molecule has 0 aromatic heterocycles. The minimum Gasteiger partial charge on any atom is -0.507 e. The molecular weight excluding hydrogens is 288 g/mol. The smallest absolute Gasteiger partial charge is 0.161 e. The summed E-state index contributed by atoms with van der Waals surface area (Å²) in [6.07, 6.45) is 5.38. The van der Waals surface area contributed by atoms with E-state index >= 15 is 0 Å². The molecular formula is C20H20O3. The largest absolute Gasteiger partial charge is 0.507 e. The Morgan fingerprint density at radius 1 is 1.00 bits per heavy atom. The standard InChI is InChI=1S/C20H20O3/c21-19(16-20(22)18-11-5-2-6-12-18)13-15-23-14-7-10-17-8-3-1-4-9-17/h1-12,16,22H,13-15H2/b10-7+,20-16-. The Morgan fingerprint density at radius 2 is 1.65 bits per heavy atom. The first kappa shape index (κ1) is 16.7. The van der Waals surface area contributed by atoms with Gasteiger partial charge in [0.25, 0.3) is 0 Å². The van der Waals surface area contributed by atoms with Crippen LogP contribution in [0.2, 0.25) is 0 Å². The lowest BCUT2D eigenvalue weighted by Gasteiger charge is -2.01. The molecule has 0 saturated carbocycles. The van der Waals surface area contributed by atoms with Crippen LogP contribution in [0.4, 0.5) is 0 Å². The molecule has 0 atom stereocenters. The number of carbonyl (C=O) groups excluding carboxylic acids is 1. The van der Waals surface area contributed by atoms with Crippen molar-refractivity contribution in [3.05, 3.63) is 83.9 Å². The molecule has 0 saturated heterocycles. The van der Waals surface area contributed by atoms with Crippen LogP contribution in [0.25, 0.3) is 11.8 Å². The number of benzene rings is 2. The fraction of sp³-hybridized carbons (Fsp3) is 0.150. The Morgan fingerprint density at radius 3 is 2.35 bits per heavy atom. The first-order chi connectivity index (χ1) is 11.3. The van der Waals surface area contributed by atoms with Crippen LogP contribution in [0.15, 0.2) is 72.8 Å². The van der Waals surface area contributed by atoms with E-state index in [2.05, 4.69) is 0 Å². The SMILES string of the molecule is O=C(/C=C(\O)c1ccccc1)CCOC/C=C/c1ccccc1. The summed E-state index contributed by atoms with van der Waals surface area (Å²) in [5, 5.41) is 9.85. The van der Waals surface area contributed by atoms with E-state index in [1.54, 1.807) is 12.1 Å². The molecule has 0 aliphatic carbocycles. The number of ether oxygens (including phenoxy) is 1. The molecule has 0 fully saturated rings. The Kier molecular flexibility index (Phi) is 6.82. The van der Waals surface area contributed by atoms with Crippen LogP contribution in [-0.4, -0.2) is 24.1 Å². The van der Waals surface area contributed by atoms with Crippen LogP contribution in [0.3, 0.4) is 0 Å². The predicted octanol–water partition coefficient (Wildman–Crippen LogP) is 4.27. The highest BCUT2D eigenvalue weighted by Crippen LogP contribution is 2.10. The molecule has 0 heterocycles. The Labute approximate surface area is 136 Å². The summed E-state index contributed by atoms with van der Waals surface area (Å²) in [4.78, 5) is 11.7. The normalized spacial score (nSPS) is 11.7. The highest BCUT2D eigenvalue weighted by Gasteiger charge is 2.02. The summed E-state index contributed by atoms with van der Waals surface area (Å²) in [6, 6.07) is 18.9. The number of allylic oxidation sites excluding steroid dienone is 1. The van der Waals surface area contributed by atoms with Gasteiger partial charge in [0.05, 0.1) is 13.2 Å². The fourth-order valence-corrected chi connectivity index (χ4v) is 1.99. The lowest BCUT2D eigenvalue weighted by atomic mass is 10.1. The fourth-order valence-electron chi connectivity index (χ4n) is 1.99. The van der Waals surface area contributed by atoms with Gasteiger partial charge in [-0.2, -0.15) is 0 Å². The van der Waals surface area contributed by atoms with E-state index < -0.39 is 0 Å². The van der Waals surface area contributed by atoms with Gasteiger partial charge in [-0.15, -0.1) is 0 Å². The van der Waals surface area contributed by atoms with Crippen molar-refractivity contribution < 1.29 is 14.6 Å².